The summed E-state index contributed by atoms with van der Waals surface area (Å²) in [5.74, 6) is -0.927. The van der Waals surface area contributed by atoms with E-state index in [0.717, 1.165) is 22.4 Å². The van der Waals surface area contributed by atoms with Crippen LogP contribution in [0, 0.1) is 0 Å². The van der Waals surface area contributed by atoms with Crippen molar-refractivity contribution >= 4 is 17.5 Å². The molecule has 3 rings (SSSR count). The highest BCUT2D eigenvalue weighted by Gasteiger charge is 2.32. The van der Waals surface area contributed by atoms with Crippen molar-refractivity contribution in [2.75, 3.05) is 12.4 Å². The first-order valence-corrected chi connectivity index (χ1v) is 7.23. The Balaban J connectivity index is 2.03. The lowest BCUT2D eigenvalue weighted by Gasteiger charge is -2.15. The maximum Gasteiger partial charge on any atom is 0.264 e. The second-order valence-corrected chi connectivity index (χ2v) is 5.36. The van der Waals surface area contributed by atoms with Crippen molar-refractivity contribution in [3.05, 3.63) is 65.9 Å². The highest BCUT2D eigenvalue weighted by Crippen LogP contribution is 2.34. The second-order valence-electron chi connectivity index (χ2n) is 5.36. The van der Waals surface area contributed by atoms with Crippen LogP contribution in [0.15, 0.2) is 54.7 Å². The molecule has 0 unspecified atom stereocenters. The predicted molar refractivity (Wildman–Crippen MR) is 89.6 cm³/mol. The van der Waals surface area contributed by atoms with Crippen LogP contribution < -0.4 is 11.1 Å². The van der Waals surface area contributed by atoms with E-state index in [2.05, 4.69) is 11.9 Å². The number of fused-ring (bicyclic) bond motifs is 1. The van der Waals surface area contributed by atoms with Crippen molar-refractivity contribution in [3.63, 3.8) is 0 Å². The smallest absolute Gasteiger partial charge is 0.264 e. The number of amides is 2. The van der Waals surface area contributed by atoms with Crippen molar-refractivity contribution in [2.45, 2.75) is 6.54 Å². The van der Waals surface area contributed by atoms with E-state index in [9.17, 15) is 9.59 Å². The van der Waals surface area contributed by atoms with Crippen LogP contribution in [0.4, 0.5) is 5.69 Å². The van der Waals surface area contributed by atoms with Gasteiger partial charge in [-0.3, -0.25) is 14.5 Å². The molecular formula is C18H17N3O2. The molecule has 0 saturated heterocycles. The molecule has 0 fully saturated rings. The van der Waals surface area contributed by atoms with Crippen LogP contribution in [0.25, 0.3) is 11.1 Å². The number of hydrogen-bond donors (Lipinski definition) is 2. The summed E-state index contributed by atoms with van der Waals surface area (Å²) in [7, 11) is 1.86. The lowest BCUT2D eigenvalue weighted by molar-refractivity contribution is -0.115. The van der Waals surface area contributed by atoms with Gasteiger partial charge in [-0.1, -0.05) is 30.8 Å². The standard InChI is InChI=1S/C18H17N3O2/c1-11(17(19)22)21-10-16-14(4-3-5-15(16)18(21)23)12-6-8-13(20-2)9-7-12/h3-9,20H,1,10H2,2H3,(H2,19,22). The molecule has 3 N–H and O–H groups in total. The summed E-state index contributed by atoms with van der Waals surface area (Å²) in [6, 6.07) is 13.5. The molecule has 1 heterocycles. The van der Waals surface area contributed by atoms with E-state index in [4.69, 9.17) is 5.73 Å². The van der Waals surface area contributed by atoms with Crippen LogP contribution in [0.5, 0.6) is 0 Å². The largest absolute Gasteiger partial charge is 0.388 e. The molecule has 1 aliphatic heterocycles. The summed E-state index contributed by atoms with van der Waals surface area (Å²) in [6.45, 7) is 3.92. The molecule has 5 heteroatoms. The third-order valence-corrected chi connectivity index (χ3v) is 4.06. The van der Waals surface area contributed by atoms with Crippen LogP contribution in [0.2, 0.25) is 0 Å². The maximum atomic E-state index is 12.5. The first-order valence-electron chi connectivity index (χ1n) is 7.23. The minimum absolute atomic E-state index is 0.0164. The quantitative estimate of drug-likeness (QED) is 0.851. The normalized spacial score (nSPS) is 12.9. The number of benzene rings is 2. The number of nitrogens with one attached hydrogen (secondary N) is 1. The molecule has 0 spiro atoms. The zero-order chi connectivity index (χ0) is 16.6. The van der Waals surface area contributed by atoms with Gasteiger partial charge in [0.05, 0.1) is 6.54 Å². The van der Waals surface area contributed by atoms with Crippen LogP contribution in [0.3, 0.4) is 0 Å². The van der Waals surface area contributed by atoms with Gasteiger partial charge in [0.25, 0.3) is 11.8 Å². The Bertz CT molecular complexity index is 810. The van der Waals surface area contributed by atoms with E-state index in [1.807, 2.05) is 43.4 Å². The van der Waals surface area contributed by atoms with E-state index in [-0.39, 0.29) is 11.6 Å². The molecule has 2 aromatic rings. The van der Waals surface area contributed by atoms with Crippen molar-refractivity contribution in [3.8, 4) is 11.1 Å². The van der Waals surface area contributed by atoms with Crippen LogP contribution >= 0.6 is 0 Å². The maximum absolute atomic E-state index is 12.5. The molecule has 0 saturated carbocycles. The van der Waals surface area contributed by atoms with E-state index in [1.54, 1.807) is 6.07 Å². The fraction of sp³-hybridized carbons (Fsp3) is 0.111. The molecule has 2 amide bonds. The number of primary amides is 1. The third kappa shape index (κ3) is 2.46. The van der Waals surface area contributed by atoms with Crippen molar-refractivity contribution in [1.29, 1.82) is 0 Å². The van der Waals surface area contributed by atoms with Crippen LogP contribution in [-0.4, -0.2) is 23.8 Å². The summed E-state index contributed by atoms with van der Waals surface area (Å²) in [6.07, 6.45) is 0. The highest BCUT2D eigenvalue weighted by atomic mass is 16.2. The lowest BCUT2D eigenvalue weighted by Crippen LogP contribution is -2.30. The summed E-state index contributed by atoms with van der Waals surface area (Å²) in [5, 5.41) is 3.07. The van der Waals surface area contributed by atoms with Gasteiger partial charge in [-0.05, 0) is 34.9 Å². The Kier molecular flexibility index (Phi) is 3.62. The molecular weight excluding hydrogens is 290 g/mol. The number of anilines is 1. The van der Waals surface area contributed by atoms with Crippen molar-refractivity contribution in [2.24, 2.45) is 5.73 Å². The van der Waals surface area contributed by atoms with Crippen LogP contribution in [-0.2, 0) is 11.3 Å². The Labute approximate surface area is 134 Å². The predicted octanol–water partition coefficient (Wildman–Crippen LogP) is 2.35. The van der Waals surface area contributed by atoms with Gasteiger partial charge >= 0.3 is 0 Å². The number of hydrogen-bond acceptors (Lipinski definition) is 3. The number of carbonyl (C=O) groups excluding carboxylic acids is 2. The Morgan fingerprint density at radius 1 is 1.17 bits per heavy atom. The third-order valence-electron chi connectivity index (χ3n) is 4.06. The van der Waals surface area contributed by atoms with Gasteiger partial charge in [-0.25, -0.2) is 0 Å². The number of nitrogens with two attached hydrogens (primary N) is 1. The topological polar surface area (TPSA) is 75.4 Å². The molecule has 0 bridgehead atoms. The number of rotatable bonds is 4. The van der Waals surface area contributed by atoms with E-state index in [1.165, 1.54) is 4.90 Å². The van der Waals surface area contributed by atoms with E-state index in [0.29, 0.717) is 12.1 Å². The van der Waals surface area contributed by atoms with Gasteiger partial charge in [-0.15, -0.1) is 0 Å². The molecule has 1 aliphatic rings. The second kappa shape index (κ2) is 5.61. The SMILES string of the molecule is C=C(C(N)=O)N1Cc2c(cccc2-c2ccc(NC)cc2)C1=O. The molecule has 0 radical (unpaired) electrons. The van der Waals surface area contributed by atoms with Gasteiger partial charge < -0.3 is 11.1 Å². The first-order chi connectivity index (χ1) is 11.0. The highest BCUT2D eigenvalue weighted by molar-refractivity contribution is 6.06. The van der Waals surface area contributed by atoms with Gasteiger partial charge in [0.15, 0.2) is 0 Å². The lowest BCUT2D eigenvalue weighted by atomic mass is 9.97. The molecule has 116 valence electrons. The molecule has 0 aliphatic carbocycles. The number of nitrogens with zero attached hydrogens (tertiary/aromatic N) is 1. The molecule has 0 aromatic heterocycles. The first kappa shape index (κ1) is 14.8. The van der Waals surface area contributed by atoms with Gasteiger partial charge in [0.2, 0.25) is 0 Å². The summed E-state index contributed by atoms with van der Waals surface area (Å²) < 4.78 is 0. The number of carbonyl (C=O) groups is 2. The summed E-state index contributed by atoms with van der Waals surface area (Å²) in [4.78, 5) is 25.1. The van der Waals surface area contributed by atoms with Gasteiger partial charge in [-0.2, -0.15) is 0 Å². The minimum Gasteiger partial charge on any atom is -0.388 e. The fourth-order valence-electron chi connectivity index (χ4n) is 2.77. The Hall–Kier alpha value is -3.08. The minimum atomic E-state index is -0.689. The summed E-state index contributed by atoms with van der Waals surface area (Å²) >= 11 is 0. The average Bonchev–Trinajstić information content (AvgIpc) is 2.91. The Morgan fingerprint density at radius 2 is 1.83 bits per heavy atom. The monoisotopic (exact) mass is 307 g/mol. The van der Waals surface area contributed by atoms with Crippen molar-refractivity contribution in [1.82, 2.24) is 4.90 Å². The van der Waals surface area contributed by atoms with Gasteiger partial charge in [0, 0.05) is 18.3 Å². The zero-order valence-corrected chi connectivity index (χ0v) is 12.8. The van der Waals surface area contributed by atoms with Crippen LogP contribution in [0.1, 0.15) is 15.9 Å². The zero-order valence-electron chi connectivity index (χ0n) is 12.8. The van der Waals surface area contributed by atoms with E-state index >= 15 is 0 Å². The Morgan fingerprint density at radius 3 is 2.43 bits per heavy atom. The molecule has 5 nitrogen and oxygen atoms in total. The summed E-state index contributed by atoms with van der Waals surface area (Å²) in [5.41, 5.74) is 9.74. The molecule has 2 aromatic carbocycles. The fourth-order valence-corrected chi connectivity index (χ4v) is 2.77. The molecule has 0 atom stereocenters. The van der Waals surface area contributed by atoms with Gasteiger partial charge in [0.1, 0.15) is 5.70 Å². The average molecular weight is 307 g/mol. The molecule has 23 heavy (non-hydrogen) atoms. The van der Waals surface area contributed by atoms with E-state index < -0.39 is 5.91 Å². The van der Waals surface area contributed by atoms with Crippen molar-refractivity contribution < 1.29 is 9.59 Å².